The molecule has 6 rings (SSSR count). The van der Waals surface area contributed by atoms with E-state index >= 15 is 32.6 Å². The summed E-state index contributed by atoms with van der Waals surface area (Å²) in [7, 11) is -15.9. The van der Waals surface area contributed by atoms with E-state index in [1.807, 2.05) is 27.7 Å². The maximum Gasteiger partial charge on any atom is 0.226 e. The highest BCUT2D eigenvalue weighted by Gasteiger charge is 2.43. The van der Waals surface area contributed by atoms with Crippen LogP contribution in [-0.4, -0.2) is 52.5 Å². The third kappa shape index (κ3) is 11.4. The third-order valence-corrected chi connectivity index (χ3v) is 24.7. The highest BCUT2D eigenvalue weighted by Crippen LogP contribution is 2.55. The van der Waals surface area contributed by atoms with E-state index in [0.717, 1.165) is 0 Å². The Hall–Kier alpha value is -5.41. The summed E-state index contributed by atoms with van der Waals surface area (Å²) >= 11 is 0. The summed E-state index contributed by atoms with van der Waals surface area (Å²) in [6.45, 7) is 7.65. The fourth-order valence-corrected chi connectivity index (χ4v) is 19.4. The van der Waals surface area contributed by atoms with Gasteiger partial charge in [-0.2, -0.15) is 0 Å². The summed E-state index contributed by atoms with van der Waals surface area (Å²) in [6, 6.07) is 41.1. The van der Waals surface area contributed by atoms with Gasteiger partial charge >= 0.3 is 0 Å². The molecule has 70 heavy (non-hydrogen) atoms. The standard InChI is InChI=1S/C57H62O9P4/c1-5-9-37-67(63,45-25-17-13-18-26-45)54(59)49-35-33-43(41-51(49)56(61)69(65,39-11-7-3)47-29-21-15-22-30-47)53(58)44-34-36-50(55(60)68(64,38-10-6-2)46-27-19-14-20-28-46)52(42-44)57(62)70(66,40-12-8-4)48-31-23-16-24-32-48/h13-36,41-42H,5-12,37-40H2,1-4H3. The molecule has 0 saturated carbocycles. The lowest BCUT2D eigenvalue weighted by molar-refractivity contribution is 0.103. The van der Waals surface area contributed by atoms with Crippen LogP contribution in [-0.2, 0) is 18.3 Å². The second-order valence-electron chi connectivity index (χ2n) is 17.7. The molecular formula is C57H62O9P4. The van der Waals surface area contributed by atoms with E-state index in [2.05, 4.69) is 0 Å². The number of hydrogen-bond donors (Lipinski definition) is 0. The summed E-state index contributed by atoms with van der Waals surface area (Å²) in [5.41, 5.74) is -4.64. The van der Waals surface area contributed by atoms with Crippen LogP contribution in [0.15, 0.2) is 158 Å². The normalized spacial score (nSPS) is 14.8. The monoisotopic (exact) mass is 1010 g/mol. The van der Waals surface area contributed by atoms with Crippen LogP contribution in [0.4, 0.5) is 0 Å². The van der Waals surface area contributed by atoms with Gasteiger partial charge in [0.1, 0.15) is 0 Å². The molecule has 364 valence electrons. The van der Waals surface area contributed by atoms with Crippen molar-refractivity contribution in [3.63, 3.8) is 0 Å². The van der Waals surface area contributed by atoms with E-state index in [4.69, 9.17) is 0 Å². The largest absolute Gasteiger partial charge is 0.310 e. The minimum atomic E-state index is -4.01. The molecule has 0 N–H and O–H groups in total. The summed E-state index contributed by atoms with van der Waals surface area (Å²) in [6.07, 6.45) is 4.25. The van der Waals surface area contributed by atoms with E-state index in [1.165, 1.54) is 36.4 Å². The minimum absolute atomic E-state index is 0.0180. The Kier molecular flexibility index (Phi) is 18.6. The maximum absolute atomic E-state index is 15.3. The quantitative estimate of drug-likeness (QED) is 0.0381. The lowest BCUT2D eigenvalue weighted by Crippen LogP contribution is -2.22. The van der Waals surface area contributed by atoms with Gasteiger partial charge in [-0.05, 0) is 49.9 Å². The Balaban J connectivity index is 1.59. The highest BCUT2D eigenvalue weighted by molar-refractivity contribution is 7.89. The maximum atomic E-state index is 15.3. The molecule has 0 bridgehead atoms. The smallest absolute Gasteiger partial charge is 0.226 e. The fraction of sp³-hybridized carbons (Fsp3) is 0.281. The van der Waals surface area contributed by atoms with Crippen LogP contribution in [0, 0.1) is 0 Å². The number of unbranched alkanes of at least 4 members (excludes halogenated alkanes) is 4. The average Bonchev–Trinajstić information content (AvgIpc) is 3.41. The summed E-state index contributed by atoms with van der Waals surface area (Å²) < 4.78 is 60.9. The van der Waals surface area contributed by atoms with Gasteiger partial charge in [-0.1, -0.05) is 187 Å². The van der Waals surface area contributed by atoms with Crippen LogP contribution in [0.1, 0.15) is 136 Å². The molecule has 0 heterocycles. The Morgan fingerprint density at radius 1 is 0.314 bits per heavy atom. The molecule has 0 amide bonds. The summed E-state index contributed by atoms with van der Waals surface area (Å²) in [5.74, 6) is -0.734. The molecule has 9 nitrogen and oxygen atoms in total. The van der Waals surface area contributed by atoms with E-state index in [0.29, 0.717) is 62.0 Å². The van der Waals surface area contributed by atoms with Gasteiger partial charge in [-0.3, -0.25) is 24.0 Å². The number of carbonyl (C=O) groups is 5. The average molecular weight is 1020 g/mol. The van der Waals surface area contributed by atoms with E-state index in [9.17, 15) is 9.59 Å². The van der Waals surface area contributed by atoms with Gasteiger partial charge in [0.05, 0.1) is 0 Å². The van der Waals surface area contributed by atoms with Crippen molar-refractivity contribution in [2.75, 3.05) is 24.6 Å². The Bertz CT molecular complexity index is 2840. The predicted molar refractivity (Wildman–Crippen MR) is 287 cm³/mol. The van der Waals surface area contributed by atoms with Gasteiger partial charge in [-0.25, -0.2) is 0 Å². The number of benzene rings is 6. The molecular weight excluding hydrogens is 953 g/mol. The van der Waals surface area contributed by atoms with Crippen LogP contribution in [0.25, 0.3) is 0 Å². The molecule has 4 atom stereocenters. The third-order valence-electron chi connectivity index (χ3n) is 12.8. The summed E-state index contributed by atoms with van der Waals surface area (Å²) in [4.78, 5) is 75.4. The van der Waals surface area contributed by atoms with Crippen molar-refractivity contribution in [2.24, 2.45) is 0 Å². The first-order valence-electron chi connectivity index (χ1n) is 24.3. The van der Waals surface area contributed by atoms with Crippen LogP contribution >= 0.6 is 28.6 Å². The van der Waals surface area contributed by atoms with Gasteiger partial charge in [0.25, 0.3) is 0 Å². The SMILES string of the molecule is CCCCP(=O)(C(=O)c1ccc(C(=O)c2ccc(C(=O)P(=O)(CCCC)c3ccccc3)c(C(=O)P(=O)(CCCC)c3ccccc3)c2)cc1C(=O)P(=O)(CCCC)c1ccccc1)c1ccccc1. The first kappa shape index (κ1) is 53.9. The van der Waals surface area contributed by atoms with Gasteiger partial charge in [0.15, 0.2) is 34.4 Å². The van der Waals surface area contributed by atoms with Gasteiger partial charge < -0.3 is 18.3 Å². The molecule has 13 heteroatoms. The van der Waals surface area contributed by atoms with Crippen molar-refractivity contribution in [3.05, 3.63) is 191 Å². The second kappa shape index (κ2) is 24.1. The highest BCUT2D eigenvalue weighted by atomic mass is 31.2. The zero-order chi connectivity index (χ0) is 50.5. The molecule has 0 fully saturated rings. The van der Waals surface area contributed by atoms with Gasteiger partial charge in [-0.15, -0.1) is 0 Å². The molecule has 0 radical (unpaired) electrons. The molecule has 0 aliphatic rings. The van der Waals surface area contributed by atoms with Crippen LogP contribution in [0.5, 0.6) is 0 Å². The zero-order valence-electron chi connectivity index (χ0n) is 40.5. The number of carbonyl (C=O) groups excluding carboxylic acids is 5. The van der Waals surface area contributed by atoms with Gasteiger partial charge in [0, 0.05) is 79.2 Å². The number of hydrogen-bond acceptors (Lipinski definition) is 9. The Labute approximate surface area is 412 Å². The van der Waals surface area contributed by atoms with Crippen molar-refractivity contribution < 1.29 is 42.2 Å². The molecule has 4 unspecified atom stereocenters. The molecule has 0 aromatic heterocycles. The van der Waals surface area contributed by atoms with Crippen molar-refractivity contribution >= 4 is 77.7 Å². The Morgan fingerprint density at radius 2 is 0.543 bits per heavy atom. The van der Waals surface area contributed by atoms with Gasteiger partial charge in [0.2, 0.25) is 22.1 Å². The number of rotatable bonds is 26. The lowest BCUT2D eigenvalue weighted by atomic mass is 9.96. The van der Waals surface area contributed by atoms with Crippen LogP contribution in [0.2, 0.25) is 0 Å². The van der Waals surface area contributed by atoms with Crippen molar-refractivity contribution in [2.45, 2.75) is 79.1 Å². The number of ketones is 1. The van der Waals surface area contributed by atoms with Crippen LogP contribution < -0.4 is 21.2 Å². The minimum Gasteiger partial charge on any atom is -0.310 e. The van der Waals surface area contributed by atoms with E-state index in [1.54, 1.807) is 121 Å². The van der Waals surface area contributed by atoms with Crippen molar-refractivity contribution in [1.29, 1.82) is 0 Å². The molecule has 0 aliphatic carbocycles. The first-order valence-corrected chi connectivity index (χ1v) is 31.8. The molecule has 0 saturated heterocycles. The molecule has 0 aliphatic heterocycles. The zero-order valence-corrected chi connectivity index (χ0v) is 44.0. The summed E-state index contributed by atoms with van der Waals surface area (Å²) in [5, 5.41) is 1.19. The second-order valence-corrected chi connectivity index (χ2v) is 29.1. The lowest BCUT2D eigenvalue weighted by Gasteiger charge is -2.23. The topological polar surface area (TPSA) is 154 Å². The molecule has 0 spiro atoms. The van der Waals surface area contributed by atoms with Crippen molar-refractivity contribution in [3.8, 4) is 0 Å². The van der Waals surface area contributed by atoms with E-state index < -0.39 is 56.4 Å². The first-order chi connectivity index (χ1) is 33.6. The Morgan fingerprint density at radius 3 is 0.771 bits per heavy atom. The fourth-order valence-electron chi connectivity index (χ4n) is 8.63. The van der Waals surface area contributed by atoms with Crippen molar-refractivity contribution in [1.82, 2.24) is 0 Å². The van der Waals surface area contributed by atoms with Crippen LogP contribution in [0.3, 0.4) is 0 Å². The predicted octanol–water partition coefficient (Wildman–Crippen LogP) is 13.4. The van der Waals surface area contributed by atoms with E-state index in [-0.39, 0.29) is 68.6 Å². The molecule has 6 aromatic carbocycles. The molecule has 6 aromatic rings.